The van der Waals surface area contributed by atoms with Crippen LogP contribution in [0, 0.1) is 17.8 Å². The minimum absolute atomic E-state index is 0.0702. The van der Waals surface area contributed by atoms with Crippen molar-refractivity contribution in [1.82, 2.24) is 10.0 Å². The summed E-state index contributed by atoms with van der Waals surface area (Å²) in [6.07, 6.45) is 0.303. The van der Waals surface area contributed by atoms with Gasteiger partial charge >= 0.3 is 12.3 Å². The fourth-order valence-electron chi connectivity index (χ4n) is 5.55. The molecule has 0 heterocycles. The molecule has 0 aromatic heterocycles. The monoisotopic (exact) mass is 475 g/mol. The predicted octanol–water partition coefficient (Wildman–Crippen LogP) is 2.56. The van der Waals surface area contributed by atoms with E-state index in [1.165, 1.54) is 13.5 Å². The summed E-state index contributed by atoms with van der Waals surface area (Å²) in [5, 5.41) is 3.28. The summed E-state index contributed by atoms with van der Waals surface area (Å²) in [4.78, 5) is 15.4. The first-order chi connectivity index (χ1) is 15.0. The summed E-state index contributed by atoms with van der Waals surface area (Å²) in [5.74, 6) is 0.371. The van der Waals surface area contributed by atoms with Crippen molar-refractivity contribution in [2.75, 3.05) is 13.7 Å². The van der Waals surface area contributed by atoms with Crippen LogP contribution in [0.4, 0.5) is 13.2 Å². The number of benzene rings is 1. The van der Waals surface area contributed by atoms with Crippen molar-refractivity contribution < 1.29 is 35.9 Å². The maximum atomic E-state index is 12.9. The molecule has 2 atom stereocenters. The Morgan fingerprint density at radius 3 is 2.34 bits per heavy atom. The Balaban J connectivity index is 1.53. The largest absolute Gasteiger partial charge is 0.573 e. The van der Waals surface area contributed by atoms with E-state index in [1.54, 1.807) is 0 Å². The highest BCUT2D eigenvalue weighted by molar-refractivity contribution is 7.90. The highest BCUT2D eigenvalue weighted by atomic mass is 32.2. The second-order valence-electron chi connectivity index (χ2n) is 8.69. The average Bonchev–Trinajstić information content (AvgIpc) is 3.07. The van der Waals surface area contributed by atoms with Gasteiger partial charge < -0.3 is 14.8 Å². The van der Waals surface area contributed by atoms with Gasteiger partial charge in [0.15, 0.2) is 0 Å². The van der Waals surface area contributed by atoms with E-state index in [9.17, 15) is 26.4 Å². The van der Waals surface area contributed by atoms with Crippen LogP contribution in [0.3, 0.4) is 0 Å². The Morgan fingerprint density at radius 2 is 1.78 bits per heavy atom. The minimum Gasteiger partial charge on any atom is -0.468 e. The number of rotatable bonds is 6. The lowest BCUT2D eigenvalue weighted by molar-refractivity contribution is -0.274. The molecule has 5 rings (SSSR count). The highest BCUT2D eigenvalue weighted by Gasteiger charge is 2.58. The molecule has 4 aliphatic rings. The van der Waals surface area contributed by atoms with Crippen LogP contribution >= 0.6 is 0 Å². The first-order valence-corrected chi connectivity index (χ1v) is 11.7. The van der Waals surface area contributed by atoms with Crippen molar-refractivity contribution in [1.29, 1.82) is 0 Å². The van der Waals surface area contributed by atoms with Gasteiger partial charge in [-0.25, -0.2) is 18.1 Å². The van der Waals surface area contributed by atoms with Gasteiger partial charge in [0.1, 0.15) is 12.3 Å². The van der Waals surface area contributed by atoms with Gasteiger partial charge in [-0.3, -0.25) is 4.79 Å². The van der Waals surface area contributed by atoms with Crippen molar-refractivity contribution in [3.63, 3.8) is 0 Å². The van der Waals surface area contributed by atoms with E-state index in [4.69, 9.17) is 0 Å². The number of methoxy groups -OCH3 is 1. The SMILES string of the molecule is COC(=O)CN=C(NC12CC3CC(CC1C3)C2)NS(=O)(=O)c1ccc(OC(F)(F)F)cc1. The first-order valence-electron chi connectivity index (χ1n) is 10.3. The number of guanidine groups is 1. The van der Waals surface area contributed by atoms with Crippen molar-refractivity contribution in [2.24, 2.45) is 22.7 Å². The molecule has 0 saturated heterocycles. The number of alkyl halides is 3. The molecule has 12 heteroatoms. The van der Waals surface area contributed by atoms with E-state index in [0.717, 1.165) is 49.9 Å². The van der Waals surface area contributed by atoms with Crippen LogP contribution in [0.15, 0.2) is 34.2 Å². The highest BCUT2D eigenvalue weighted by Crippen LogP contribution is 2.60. The molecule has 4 saturated carbocycles. The summed E-state index contributed by atoms with van der Waals surface area (Å²) in [5.41, 5.74) is -0.268. The van der Waals surface area contributed by atoms with Crippen molar-refractivity contribution in [2.45, 2.75) is 48.9 Å². The molecule has 176 valence electrons. The van der Waals surface area contributed by atoms with E-state index in [1.807, 2.05) is 0 Å². The molecule has 0 spiro atoms. The summed E-state index contributed by atoms with van der Waals surface area (Å²) in [6.45, 7) is -0.382. The molecule has 0 radical (unpaired) electrons. The molecule has 4 bridgehead atoms. The number of carbonyl (C=O) groups excluding carboxylic acids is 1. The third-order valence-electron chi connectivity index (χ3n) is 6.55. The zero-order valence-corrected chi connectivity index (χ0v) is 18.1. The molecule has 0 aliphatic heterocycles. The van der Waals surface area contributed by atoms with Crippen LogP contribution in [-0.4, -0.2) is 45.9 Å². The Bertz CT molecular complexity index is 996. The Morgan fingerprint density at radius 1 is 1.16 bits per heavy atom. The smallest absolute Gasteiger partial charge is 0.468 e. The third-order valence-corrected chi connectivity index (χ3v) is 7.90. The predicted molar refractivity (Wildman–Crippen MR) is 107 cm³/mol. The van der Waals surface area contributed by atoms with Crippen molar-refractivity contribution >= 4 is 22.0 Å². The molecule has 2 N–H and O–H groups in total. The van der Waals surface area contributed by atoms with Gasteiger partial charge in [0.05, 0.1) is 12.0 Å². The molecule has 32 heavy (non-hydrogen) atoms. The zero-order valence-electron chi connectivity index (χ0n) is 17.3. The number of sulfonamides is 1. The summed E-state index contributed by atoms with van der Waals surface area (Å²) in [7, 11) is -2.98. The number of carbonyl (C=O) groups is 1. The van der Waals surface area contributed by atoms with E-state index < -0.39 is 28.1 Å². The molecule has 2 unspecified atom stereocenters. The van der Waals surface area contributed by atoms with Crippen LogP contribution in [0.2, 0.25) is 0 Å². The molecular formula is C20H24F3N3O5S. The summed E-state index contributed by atoms with van der Waals surface area (Å²) >= 11 is 0. The van der Waals surface area contributed by atoms with Gasteiger partial charge in [0.25, 0.3) is 10.0 Å². The number of aliphatic imine (C=N–C) groups is 1. The molecule has 4 aliphatic carbocycles. The van der Waals surface area contributed by atoms with E-state index in [0.29, 0.717) is 17.8 Å². The number of hydrogen-bond acceptors (Lipinski definition) is 6. The molecular weight excluding hydrogens is 451 g/mol. The average molecular weight is 475 g/mol. The summed E-state index contributed by atoms with van der Waals surface area (Å²) in [6, 6.07) is 3.83. The topological polar surface area (TPSA) is 106 Å². The van der Waals surface area contributed by atoms with Gasteiger partial charge in [-0.05, 0) is 74.1 Å². The number of esters is 1. The third kappa shape index (κ3) is 4.79. The fraction of sp³-hybridized carbons (Fsp3) is 0.600. The lowest BCUT2D eigenvalue weighted by atomic mass is 9.80. The molecule has 1 aromatic rings. The summed E-state index contributed by atoms with van der Waals surface area (Å²) < 4.78 is 73.5. The van der Waals surface area contributed by atoms with Crippen molar-refractivity contribution in [3.8, 4) is 5.75 Å². The van der Waals surface area contributed by atoms with Crippen LogP contribution in [-0.2, 0) is 19.6 Å². The maximum Gasteiger partial charge on any atom is 0.573 e. The Hall–Kier alpha value is -2.50. The molecule has 4 fully saturated rings. The van der Waals surface area contributed by atoms with E-state index >= 15 is 0 Å². The normalized spacial score (nSPS) is 29.1. The van der Waals surface area contributed by atoms with Gasteiger partial charge in [0.2, 0.25) is 5.96 Å². The Kier molecular flexibility index (Phi) is 5.76. The van der Waals surface area contributed by atoms with Gasteiger partial charge in [-0.15, -0.1) is 13.2 Å². The number of nitrogens with zero attached hydrogens (tertiary/aromatic N) is 1. The van der Waals surface area contributed by atoms with Gasteiger partial charge in [-0.2, -0.15) is 0 Å². The zero-order chi connectivity index (χ0) is 23.1. The Labute approximate surface area is 183 Å². The lowest BCUT2D eigenvalue weighted by Gasteiger charge is -2.35. The maximum absolute atomic E-state index is 12.9. The standard InChI is InChI=1S/C20H24F3N3O5S/c1-30-17(27)11-24-18(25-19-9-12-6-13(10-19)8-14(19)7-12)26-32(28,29)16-4-2-15(3-5-16)31-20(21,22)23/h2-5,12-14H,6-11H2,1H3,(H2,24,25,26). The molecule has 0 amide bonds. The van der Waals surface area contributed by atoms with E-state index in [2.05, 4.69) is 24.5 Å². The minimum atomic E-state index is -4.88. The van der Waals surface area contributed by atoms with Crippen molar-refractivity contribution in [3.05, 3.63) is 24.3 Å². The number of hydrogen-bond donors (Lipinski definition) is 2. The van der Waals surface area contributed by atoms with Gasteiger partial charge in [0, 0.05) is 5.54 Å². The second kappa shape index (κ2) is 8.13. The van der Waals surface area contributed by atoms with Crippen LogP contribution in [0.25, 0.3) is 0 Å². The lowest BCUT2D eigenvalue weighted by Crippen LogP contribution is -2.55. The van der Waals surface area contributed by atoms with Crippen LogP contribution in [0.1, 0.15) is 32.1 Å². The van der Waals surface area contributed by atoms with E-state index in [-0.39, 0.29) is 22.9 Å². The van der Waals surface area contributed by atoms with Crippen LogP contribution < -0.4 is 14.8 Å². The number of nitrogens with one attached hydrogen (secondary N) is 2. The number of ether oxygens (including phenoxy) is 2. The van der Waals surface area contributed by atoms with Crippen LogP contribution in [0.5, 0.6) is 5.75 Å². The quantitative estimate of drug-likeness (QED) is 0.372. The first kappa shape index (κ1) is 22.7. The van der Waals surface area contributed by atoms with Gasteiger partial charge in [-0.1, -0.05) is 0 Å². The fourth-order valence-corrected chi connectivity index (χ4v) is 6.53. The molecule has 1 aromatic carbocycles. The number of halogens is 3. The molecule has 8 nitrogen and oxygen atoms in total. The second-order valence-corrected chi connectivity index (χ2v) is 10.4.